The minimum absolute atomic E-state index is 0.0864. The fourth-order valence-electron chi connectivity index (χ4n) is 1.67. The highest BCUT2D eigenvalue weighted by Gasteiger charge is 2.22. The fraction of sp³-hybridized carbons (Fsp3) is 0.300. The summed E-state index contributed by atoms with van der Waals surface area (Å²) in [6.07, 6.45) is 0.527. The van der Waals surface area contributed by atoms with Crippen molar-refractivity contribution >= 4 is 21.5 Å². The molecule has 0 fully saturated rings. The lowest BCUT2D eigenvalue weighted by atomic mass is 10.2. The highest BCUT2D eigenvalue weighted by Crippen LogP contribution is 2.26. The minimum Gasteiger partial charge on any atom is -0.478 e. The normalized spacial score (nSPS) is 18.0. The molecule has 0 radical (unpaired) electrons. The number of fused-ring (bicyclic) bond motifs is 1. The molecule has 1 aliphatic heterocycles. The molecular formula is C10H11NO4S. The second kappa shape index (κ2) is 3.79. The number of anilines is 1. The van der Waals surface area contributed by atoms with Gasteiger partial charge in [-0.05, 0) is 24.6 Å². The molecule has 0 aromatic heterocycles. The smallest absolute Gasteiger partial charge is 0.335 e. The molecule has 1 aliphatic rings. The van der Waals surface area contributed by atoms with E-state index in [1.807, 2.05) is 0 Å². The van der Waals surface area contributed by atoms with Crippen LogP contribution in [0.5, 0.6) is 0 Å². The second-order valence-electron chi connectivity index (χ2n) is 3.62. The van der Waals surface area contributed by atoms with Gasteiger partial charge in [0.2, 0.25) is 0 Å². The monoisotopic (exact) mass is 241 g/mol. The number of benzene rings is 1. The number of sulfone groups is 1. The van der Waals surface area contributed by atoms with Gasteiger partial charge in [-0.1, -0.05) is 0 Å². The predicted molar refractivity (Wildman–Crippen MR) is 58.6 cm³/mol. The van der Waals surface area contributed by atoms with Crippen molar-refractivity contribution in [3.05, 3.63) is 23.8 Å². The molecule has 0 saturated heterocycles. The summed E-state index contributed by atoms with van der Waals surface area (Å²) >= 11 is 0. The molecule has 5 nitrogen and oxygen atoms in total. The molecule has 0 aliphatic carbocycles. The van der Waals surface area contributed by atoms with Gasteiger partial charge in [-0.2, -0.15) is 0 Å². The van der Waals surface area contributed by atoms with Gasteiger partial charge >= 0.3 is 5.97 Å². The van der Waals surface area contributed by atoms with Crippen molar-refractivity contribution in [1.29, 1.82) is 0 Å². The van der Waals surface area contributed by atoms with E-state index in [4.69, 9.17) is 5.11 Å². The number of carboxylic acid groups (broad SMARTS) is 1. The topological polar surface area (TPSA) is 83.5 Å². The first-order chi connectivity index (χ1) is 7.50. The lowest BCUT2D eigenvalue weighted by molar-refractivity contribution is 0.0697. The van der Waals surface area contributed by atoms with Crippen molar-refractivity contribution in [2.75, 3.05) is 17.6 Å². The van der Waals surface area contributed by atoms with Crippen molar-refractivity contribution in [2.24, 2.45) is 0 Å². The highest BCUT2D eigenvalue weighted by molar-refractivity contribution is 7.91. The number of carbonyl (C=O) groups is 1. The molecule has 6 heteroatoms. The van der Waals surface area contributed by atoms with Crippen LogP contribution in [0.1, 0.15) is 16.8 Å². The molecule has 0 amide bonds. The Morgan fingerprint density at radius 1 is 1.38 bits per heavy atom. The van der Waals surface area contributed by atoms with E-state index >= 15 is 0 Å². The summed E-state index contributed by atoms with van der Waals surface area (Å²) in [4.78, 5) is 10.9. The summed E-state index contributed by atoms with van der Waals surface area (Å²) in [5.74, 6) is -0.967. The Morgan fingerprint density at radius 3 is 2.81 bits per heavy atom. The number of carboxylic acids is 1. The predicted octanol–water partition coefficient (Wildman–Crippen LogP) is 0.974. The minimum atomic E-state index is -3.28. The van der Waals surface area contributed by atoms with Crippen LogP contribution in [0.15, 0.2) is 23.1 Å². The summed E-state index contributed by atoms with van der Waals surface area (Å²) in [5, 5.41) is 11.7. The molecule has 0 spiro atoms. The van der Waals surface area contributed by atoms with Gasteiger partial charge < -0.3 is 10.4 Å². The standard InChI is InChI=1S/C10H11NO4S/c12-10(13)7-2-3-9-8(6-7)11-4-1-5-16(9,14)15/h2-3,6,11H,1,4-5H2,(H,12,13). The van der Waals surface area contributed by atoms with Crippen LogP contribution < -0.4 is 5.32 Å². The lowest BCUT2D eigenvalue weighted by Crippen LogP contribution is -2.06. The zero-order valence-electron chi connectivity index (χ0n) is 8.43. The van der Waals surface area contributed by atoms with Gasteiger partial charge in [-0.3, -0.25) is 0 Å². The third-order valence-electron chi connectivity index (χ3n) is 2.47. The second-order valence-corrected chi connectivity index (χ2v) is 5.69. The zero-order valence-corrected chi connectivity index (χ0v) is 9.25. The van der Waals surface area contributed by atoms with Gasteiger partial charge in [-0.25, -0.2) is 13.2 Å². The third-order valence-corrected chi connectivity index (χ3v) is 4.32. The van der Waals surface area contributed by atoms with E-state index in [0.29, 0.717) is 18.7 Å². The lowest BCUT2D eigenvalue weighted by Gasteiger charge is -2.07. The molecule has 2 N–H and O–H groups in total. The Bertz CT molecular complexity index is 536. The van der Waals surface area contributed by atoms with E-state index in [0.717, 1.165) is 0 Å². The maximum atomic E-state index is 11.8. The molecule has 1 aromatic carbocycles. The Labute approximate surface area is 93.0 Å². The van der Waals surface area contributed by atoms with Crippen molar-refractivity contribution < 1.29 is 18.3 Å². The molecule has 1 aromatic rings. The molecule has 0 unspecified atom stereocenters. The first-order valence-corrected chi connectivity index (χ1v) is 6.50. The summed E-state index contributed by atoms with van der Waals surface area (Å²) in [7, 11) is -3.28. The number of hydrogen-bond donors (Lipinski definition) is 2. The molecule has 2 rings (SSSR count). The van der Waals surface area contributed by atoms with E-state index in [-0.39, 0.29) is 16.2 Å². The van der Waals surface area contributed by atoms with Crippen molar-refractivity contribution in [1.82, 2.24) is 0 Å². The Morgan fingerprint density at radius 2 is 2.12 bits per heavy atom. The van der Waals surface area contributed by atoms with Crippen LogP contribution in [0.2, 0.25) is 0 Å². The largest absolute Gasteiger partial charge is 0.478 e. The van der Waals surface area contributed by atoms with Crippen LogP contribution in [0, 0.1) is 0 Å². The fourth-order valence-corrected chi connectivity index (χ4v) is 3.15. The van der Waals surface area contributed by atoms with E-state index < -0.39 is 15.8 Å². The number of aromatic carboxylic acids is 1. The van der Waals surface area contributed by atoms with Gasteiger partial charge in [0, 0.05) is 6.54 Å². The average Bonchev–Trinajstić information content (AvgIpc) is 2.37. The first kappa shape index (κ1) is 10.9. The van der Waals surface area contributed by atoms with E-state index in [1.54, 1.807) is 0 Å². The molecule has 0 saturated carbocycles. The Kier molecular flexibility index (Phi) is 2.59. The number of rotatable bonds is 1. The van der Waals surface area contributed by atoms with Crippen LogP contribution >= 0.6 is 0 Å². The van der Waals surface area contributed by atoms with Crippen LogP contribution in [-0.2, 0) is 9.84 Å². The van der Waals surface area contributed by atoms with Crippen molar-refractivity contribution in [2.45, 2.75) is 11.3 Å². The molecule has 0 bridgehead atoms. The van der Waals surface area contributed by atoms with Gasteiger partial charge in [0.25, 0.3) is 0 Å². The van der Waals surface area contributed by atoms with E-state index in [1.165, 1.54) is 18.2 Å². The van der Waals surface area contributed by atoms with Crippen LogP contribution in [0.4, 0.5) is 5.69 Å². The van der Waals surface area contributed by atoms with Crippen molar-refractivity contribution in [3.8, 4) is 0 Å². The summed E-state index contributed by atoms with van der Waals surface area (Å²) in [5.41, 5.74) is 0.473. The molecule has 1 heterocycles. The van der Waals surface area contributed by atoms with Gasteiger partial charge in [0.1, 0.15) is 0 Å². The summed E-state index contributed by atoms with van der Waals surface area (Å²) in [6, 6.07) is 4.03. The summed E-state index contributed by atoms with van der Waals surface area (Å²) < 4.78 is 23.6. The highest BCUT2D eigenvalue weighted by atomic mass is 32.2. The molecular weight excluding hydrogens is 230 g/mol. The van der Waals surface area contributed by atoms with E-state index in [2.05, 4.69) is 5.32 Å². The van der Waals surface area contributed by atoms with Gasteiger partial charge in [-0.15, -0.1) is 0 Å². The molecule has 0 atom stereocenters. The summed E-state index contributed by atoms with van der Waals surface area (Å²) in [6.45, 7) is 0.537. The average molecular weight is 241 g/mol. The van der Waals surface area contributed by atoms with Crippen molar-refractivity contribution in [3.63, 3.8) is 0 Å². The maximum Gasteiger partial charge on any atom is 0.335 e. The quantitative estimate of drug-likeness (QED) is 0.765. The van der Waals surface area contributed by atoms with Gasteiger partial charge in [0.15, 0.2) is 9.84 Å². The third kappa shape index (κ3) is 1.88. The maximum absolute atomic E-state index is 11.8. The number of hydrogen-bond acceptors (Lipinski definition) is 4. The van der Waals surface area contributed by atoms with Crippen LogP contribution in [0.25, 0.3) is 0 Å². The molecule has 16 heavy (non-hydrogen) atoms. The first-order valence-electron chi connectivity index (χ1n) is 4.85. The SMILES string of the molecule is O=C(O)c1ccc2c(c1)NCCCS2(=O)=O. The van der Waals surface area contributed by atoms with Crippen LogP contribution in [0.3, 0.4) is 0 Å². The Hall–Kier alpha value is -1.56. The van der Waals surface area contributed by atoms with E-state index in [9.17, 15) is 13.2 Å². The van der Waals surface area contributed by atoms with Crippen LogP contribution in [-0.4, -0.2) is 31.8 Å². The Balaban J connectivity index is 2.59. The molecule has 86 valence electrons. The zero-order chi connectivity index (χ0) is 11.8. The number of nitrogens with one attached hydrogen (secondary N) is 1. The van der Waals surface area contributed by atoms with Gasteiger partial charge in [0.05, 0.1) is 21.9 Å².